The SMILES string of the molecule is O=C(NCCCCc1ccc(Cl)c(COC2(c3cnccc3-c3ccccc3OC3CC3)CC2)c1)NCC(O)C(O)C(O)C(O)CO. The van der Waals surface area contributed by atoms with Crippen molar-refractivity contribution in [1.82, 2.24) is 15.6 Å². The van der Waals surface area contributed by atoms with Gasteiger partial charge in [0.25, 0.3) is 0 Å². The van der Waals surface area contributed by atoms with Crippen LogP contribution in [-0.2, 0) is 23.4 Å². The van der Waals surface area contributed by atoms with Crippen LogP contribution < -0.4 is 15.4 Å². The van der Waals surface area contributed by atoms with Gasteiger partial charge in [-0.05, 0) is 79.8 Å². The molecule has 1 aromatic heterocycles. The molecule has 0 spiro atoms. The number of hydrogen-bond donors (Lipinski definition) is 7. The first-order chi connectivity index (χ1) is 22.7. The first-order valence-electron chi connectivity index (χ1n) is 16.2. The van der Waals surface area contributed by atoms with Crippen LogP contribution in [-0.4, -0.2) is 86.8 Å². The third-order valence-electron chi connectivity index (χ3n) is 8.60. The van der Waals surface area contributed by atoms with E-state index in [2.05, 4.69) is 27.8 Å². The molecule has 1 heterocycles. The third-order valence-corrected chi connectivity index (χ3v) is 8.97. The van der Waals surface area contributed by atoms with E-state index in [9.17, 15) is 25.2 Å². The van der Waals surface area contributed by atoms with Gasteiger partial charge in [0.15, 0.2) is 0 Å². The average molecular weight is 670 g/mol. The van der Waals surface area contributed by atoms with Crippen molar-refractivity contribution in [2.24, 2.45) is 0 Å². The summed E-state index contributed by atoms with van der Waals surface area (Å²) in [6.07, 6.45) is 3.65. The number of pyridine rings is 1. The number of unbranched alkanes of at least 4 members (excludes halogenated alkanes) is 1. The van der Waals surface area contributed by atoms with E-state index in [-0.39, 0.29) is 6.54 Å². The molecule has 0 aliphatic heterocycles. The van der Waals surface area contributed by atoms with E-state index in [4.69, 9.17) is 26.2 Å². The Morgan fingerprint density at radius 2 is 1.74 bits per heavy atom. The number of nitrogens with zero attached hydrogens (tertiary/aromatic N) is 1. The summed E-state index contributed by atoms with van der Waals surface area (Å²) in [7, 11) is 0. The lowest BCUT2D eigenvalue weighted by molar-refractivity contribution is -0.113. The van der Waals surface area contributed by atoms with Gasteiger partial charge in [0.1, 0.15) is 24.1 Å². The smallest absolute Gasteiger partial charge is 0.314 e. The molecular weight excluding hydrogens is 626 g/mol. The Balaban J connectivity index is 1.09. The predicted molar refractivity (Wildman–Crippen MR) is 176 cm³/mol. The van der Waals surface area contributed by atoms with Crippen molar-refractivity contribution in [3.63, 3.8) is 0 Å². The summed E-state index contributed by atoms with van der Waals surface area (Å²) in [6.45, 7) is -0.363. The quantitative estimate of drug-likeness (QED) is 0.100. The number of aliphatic hydroxyl groups excluding tert-OH is 5. The highest BCUT2D eigenvalue weighted by Crippen LogP contribution is 2.53. The molecule has 2 fully saturated rings. The molecule has 7 N–H and O–H groups in total. The number of aryl methyl sites for hydroxylation is 1. The Morgan fingerprint density at radius 1 is 0.979 bits per heavy atom. The third kappa shape index (κ3) is 9.41. The number of hydrogen-bond acceptors (Lipinski definition) is 9. The number of carbonyl (C=O) groups is 1. The number of para-hydroxylation sites is 1. The zero-order valence-corrected chi connectivity index (χ0v) is 27.0. The molecule has 5 rings (SSSR count). The van der Waals surface area contributed by atoms with Gasteiger partial charge < -0.3 is 45.6 Å². The van der Waals surface area contributed by atoms with Crippen LogP contribution in [0.4, 0.5) is 4.79 Å². The Bertz CT molecular complexity index is 1480. The van der Waals surface area contributed by atoms with Crippen LogP contribution in [0.25, 0.3) is 11.1 Å². The maximum Gasteiger partial charge on any atom is 0.314 e. The van der Waals surface area contributed by atoms with E-state index >= 15 is 0 Å². The van der Waals surface area contributed by atoms with Crippen molar-refractivity contribution in [2.45, 2.75) is 87.7 Å². The van der Waals surface area contributed by atoms with Crippen molar-refractivity contribution >= 4 is 17.6 Å². The number of halogens is 1. The van der Waals surface area contributed by atoms with Crippen molar-refractivity contribution < 1.29 is 39.8 Å². The summed E-state index contributed by atoms with van der Waals surface area (Å²) in [6, 6.07) is 15.6. The maximum absolute atomic E-state index is 12.1. The van der Waals surface area contributed by atoms with E-state index in [0.29, 0.717) is 30.7 Å². The number of aromatic nitrogens is 1. The molecular formula is C35H44ClN3O8. The van der Waals surface area contributed by atoms with Gasteiger partial charge in [-0.15, -0.1) is 0 Å². The zero-order valence-electron chi connectivity index (χ0n) is 26.2. The van der Waals surface area contributed by atoms with E-state index in [0.717, 1.165) is 72.1 Å². The molecule has 0 radical (unpaired) electrons. The molecule has 12 heteroatoms. The van der Waals surface area contributed by atoms with Gasteiger partial charge in [-0.1, -0.05) is 41.9 Å². The van der Waals surface area contributed by atoms with Crippen LogP contribution in [0.15, 0.2) is 60.9 Å². The number of urea groups is 1. The van der Waals surface area contributed by atoms with Gasteiger partial charge in [-0.2, -0.15) is 0 Å². The molecule has 2 aliphatic carbocycles. The van der Waals surface area contributed by atoms with Crippen LogP contribution in [0.1, 0.15) is 55.2 Å². The minimum atomic E-state index is -1.75. The summed E-state index contributed by atoms with van der Waals surface area (Å²) in [5.74, 6) is 0.885. The molecule has 0 bridgehead atoms. The number of aliphatic hydroxyl groups is 5. The van der Waals surface area contributed by atoms with Crippen molar-refractivity contribution in [3.8, 4) is 16.9 Å². The highest BCUT2D eigenvalue weighted by Gasteiger charge is 2.48. The minimum Gasteiger partial charge on any atom is -0.490 e. The second kappa shape index (κ2) is 16.2. The lowest BCUT2D eigenvalue weighted by Gasteiger charge is -2.25. The van der Waals surface area contributed by atoms with E-state index in [1.54, 1.807) is 0 Å². The zero-order chi connectivity index (χ0) is 33.4. The fourth-order valence-corrected chi connectivity index (χ4v) is 5.64. The molecule has 47 heavy (non-hydrogen) atoms. The van der Waals surface area contributed by atoms with Gasteiger partial charge in [0, 0.05) is 41.6 Å². The van der Waals surface area contributed by atoms with Gasteiger partial charge in [-0.3, -0.25) is 4.98 Å². The van der Waals surface area contributed by atoms with Gasteiger partial charge in [0.2, 0.25) is 0 Å². The Kier molecular flexibility index (Phi) is 12.1. The number of nitrogens with one attached hydrogen (secondary N) is 2. The van der Waals surface area contributed by atoms with E-state index < -0.39 is 42.7 Å². The monoisotopic (exact) mass is 669 g/mol. The van der Waals surface area contributed by atoms with Crippen LogP contribution in [0.5, 0.6) is 5.75 Å². The predicted octanol–water partition coefficient (Wildman–Crippen LogP) is 3.21. The number of rotatable bonds is 18. The fourth-order valence-electron chi connectivity index (χ4n) is 5.46. The molecule has 2 amide bonds. The Hall–Kier alpha value is -3.29. The molecule has 11 nitrogen and oxygen atoms in total. The van der Waals surface area contributed by atoms with Crippen LogP contribution in [0, 0.1) is 0 Å². The Morgan fingerprint density at radius 3 is 2.49 bits per heavy atom. The van der Waals surface area contributed by atoms with Crippen molar-refractivity contribution in [2.75, 3.05) is 19.7 Å². The normalized spacial score (nSPS) is 17.7. The summed E-state index contributed by atoms with van der Waals surface area (Å²) in [5, 5.41) is 53.4. The van der Waals surface area contributed by atoms with Gasteiger partial charge in [0.05, 0.1) is 31.0 Å². The molecule has 254 valence electrons. The summed E-state index contributed by atoms with van der Waals surface area (Å²) in [5.41, 5.74) is 4.76. The molecule has 4 unspecified atom stereocenters. The molecule has 2 saturated carbocycles. The van der Waals surface area contributed by atoms with E-state index in [1.165, 1.54) is 0 Å². The molecule has 2 aliphatic rings. The topological polar surface area (TPSA) is 174 Å². The van der Waals surface area contributed by atoms with Gasteiger partial charge in [-0.25, -0.2) is 4.79 Å². The number of carbonyl (C=O) groups excluding carboxylic acids is 1. The largest absolute Gasteiger partial charge is 0.490 e. The average Bonchev–Trinajstić information content (AvgIpc) is 4.04. The number of benzene rings is 2. The highest BCUT2D eigenvalue weighted by atomic mass is 35.5. The summed E-state index contributed by atoms with van der Waals surface area (Å²) >= 11 is 6.59. The molecule has 3 aromatic rings. The fraction of sp³-hybridized carbons (Fsp3) is 0.486. The second-order valence-corrected chi connectivity index (χ2v) is 12.7. The maximum atomic E-state index is 12.1. The summed E-state index contributed by atoms with van der Waals surface area (Å²) in [4.78, 5) is 16.5. The molecule has 4 atom stereocenters. The molecule has 2 aromatic carbocycles. The van der Waals surface area contributed by atoms with E-state index in [1.807, 2.05) is 48.8 Å². The van der Waals surface area contributed by atoms with Gasteiger partial charge >= 0.3 is 6.03 Å². The van der Waals surface area contributed by atoms with Crippen LogP contribution in [0.2, 0.25) is 5.02 Å². The first-order valence-corrected chi connectivity index (χ1v) is 16.5. The summed E-state index contributed by atoms with van der Waals surface area (Å²) < 4.78 is 12.8. The lowest BCUT2D eigenvalue weighted by Crippen LogP contribution is -2.50. The number of ether oxygens (including phenoxy) is 2. The van der Waals surface area contributed by atoms with Crippen LogP contribution >= 0.6 is 11.6 Å². The lowest BCUT2D eigenvalue weighted by atomic mass is 9.96. The standard InChI is InChI=1S/C35H44ClN3O8/c36-28-11-8-22(5-3-4-15-38-34(45)39-19-29(41)32(43)33(44)30(42)20-40)17-23(28)21-46-35(13-14-35)27-18-37-16-12-25(27)26-6-1-2-7-31(26)47-24-9-10-24/h1-2,6-8,11-12,16-18,24,29-30,32-33,40-44H,3-5,9-10,13-15,19-21H2,(H2,38,39,45). The first kappa shape index (κ1) is 35.0. The second-order valence-electron chi connectivity index (χ2n) is 12.3. The molecule has 0 saturated heterocycles. The Labute approximate surface area is 279 Å². The van der Waals surface area contributed by atoms with Crippen LogP contribution in [0.3, 0.4) is 0 Å². The van der Waals surface area contributed by atoms with Crippen molar-refractivity contribution in [3.05, 3.63) is 82.6 Å². The number of amides is 2. The minimum absolute atomic E-state index is 0.293. The highest BCUT2D eigenvalue weighted by molar-refractivity contribution is 6.31. The van der Waals surface area contributed by atoms with Crippen molar-refractivity contribution in [1.29, 1.82) is 0 Å².